The SMILES string of the molecule is C=CC(=O)c1cc2ccccc2nc1OC. The number of rotatable bonds is 3. The number of benzene rings is 1. The minimum Gasteiger partial charge on any atom is -0.480 e. The van der Waals surface area contributed by atoms with Gasteiger partial charge >= 0.3 is 0 Å². The molecule has 0 saturated heterocycles. The van der Waals surface area contributed by atoms with Crippen LogP contribution in [-0.2, 0) is 0 Å². The highest BCUT2D eigenvalue weighted by Crippen LogP contribution is 2.22. The first-order valence-electron chi connectivity index (χ1n) is 4.87. The van der Waals surface area contributed by atoms with E-state index in [0.29, 0.717) is 11.4 Å². The van der Waals surface area contributed by atoms with Gasteiger partial charge in [-0.25, -0.2) is 4.98 Å². The number of allylic oxidation sites excluding steroid dienone is 1. The quantitative estimate of drug-likeness (QED) is 0.581. The van der Waals surface area contributed by atoms with Gasteiger partial charge in [-0.3, -0.25) is 4.79 Å². The minimum atomic E-state index is -0.185. The topological polar surface area (TPSA) is 39.2 Å². The maximum absolute atomic E-state index is 11.6. The molecule has 2 rings (SSSR count). The molecule has 3 heteroatoms. The highest BCUT2D eigenvalue weighted by Gasteiger charge is 2.11. The van der Waals surface area contributed by atoms with Crippen molar-refractivity contribution in [3.8, 4) is 5.88 Å². The van der Waals surface area contributed by atoms with Crippen molar-refractivity contribution in [2.24, 2.45) is 0 Å². The van der Waals surface area contributed by atoms with Crippen LogP contribution in [0.25, 0.3) is 10.9 Å². The summed E-state index contributed by atoms with van der Waals surface area (Å²) in [7, 11) is 1.50. The van der Waals surface area contributed by atoms with E-state index in [9.17, 15) is 4.79 Å². The molecule has 3 nitrogen and oxygen atoms in total. The first-order chi connectivity index (χ1) is 7.76. The smallest absolute Gasteiger partial charge is 0.225 e. The van der Waals surface area contributed by atoms with E-state index in [-0.39, 0.29) is 5.78 Å². The van der Waals surface area contributed by atoms with Gasteiger partial charge in [0.1, 0.15) is 0 Å². The number of fused-ring (bicyclic) bond motifs is 1. The van der Waals surface area contributed by atoms with Gasteiger partial charge in [-0.15, -0.1) is 0 Å². The second-order valence-electron chi connectivity index (χ2n) is 3.31. The molecular weight excluding hydrogens is 202 g/mol. The molecular formula is C13H11NO2. The molecule has 0 spiro atoms. The van der Waals surface area contributed by atoms with Crippen LogP contribution >= 0.6 is 0 Å². The Kier molecular flexibility index (Phi) is 2.68. The summed E-state index contributed by atoms with van der Waals surface area (Å²) in [6, 6.07) is 9.34. The Bertz CT molecular complexity index is 561. The molecule has 16 heavy (non-hydrogen) atoms. The number of methoxy groups -OCH3 is 1. The molecule has 80 valence electrons. The van der Waals surface area contributed by atoms with E-state index in [1.165, 1.54) is 13.2 Å². The summed E-state index contributed by atoms with van der Waals surface area (Å²) in [6.45, 7) is 3.46. The predicted octanol–water partition coefficient (Wildman–Crippen LogP) is 2.61. The number of ketones is 1. The second kappa shape index (κ2) is 4.14. The first-order valence-corrected chi connectivity index (χ1v) is 4.87. The zero-order valence-corrected chi connectivity index (χ0v) is 8.93. The van der Waals surface area contributed by atoms with Crippen LogP contribution < -0.4 is 4.74 Å². The first kappa shape index (κ1) is 10.4. The van der Waals surface area contributed by atoms with Crippen molar-refractivity contribution in [3.05, 3.63) is 48.6 Å². The Hall–Kier alpha value is -2.16. The van der Waals surface area contributed by atoms with Crippen LogP contribution in [0.15, 0.2) is 43.0 Å². The summed E-state index contributed by atoms with van der Waals surface area (Å²) in [5.41, 5.74) is 1.25. The molecule has 0 amide bonds. The van der Waals surface area contributed by atoms with Gasteiger partial charge in [-0.2, -0.15) is 0 Å². The normalized spacial score (nSPS) is 10.1. The van der Waals surface area contributed by atoms with Gasteiger partial charge in [0.15, 0.2) is 5.78 Å². The van der Waals surface area contributed by atoms with Crippen LogP contribution in [0.4, 0.5) is 0 Å². The van der Waals surface area contributed by atoms with Crippen molar-refractivity contribution < 1.29 is 9.53 Å². The van der Waals surface area contributed by atoms with Crippen molar-refractivity contribution in [1.29, 1.82) is 0 Å². The Balaban J connectivity index is 2.72. The van der Waals surface area contributed by atoms with E-state index in [2.05, 4.69) is 11.6 Å². The largest absolute Gasteiger partial charge is 0.480 e. The average molecular weight is 213 g/mol. The van der Waals surface area contributed by atoms with E-state index < -0.39 is 0 Å². The fourth-order valence-electron chi connectivity index (χ4n) is 1.54. The summed E-state index contributed by atoms with van der Waals surface area (Å²) < 4.78 is 5.10. The third-order valence-electron chi connectivity index (χ3n) is 2.33. The lowest BCUT2D eigenvalue weighted by molar-refractivity contribution is 0.104. The lowest BCUT2D eigenvalue weighted by Crippen LogP contribution is -2.01. The number of para-hydroxylation sites is 1. The van der Waals surface area contributed by atoms with Gasteiger partial charge in [-0.05, 0) is 18.2 Å². The van der Waals surface area contributed by atoms with Crippen molar-refractivity contribution in [1.82, 2.24) is 4.98 Å². The lowest BCUT2D eigenvalue weighted by atomic mass is 10.1. The van der Waals surface area contributed by atoms with Crippen LogP contribution in [0.2, 0.25) is 0 Å². The number of carbonyl (C=O) groups excluding carboxylic acids is 1. The summed E-state index contributed by atoms with van der Waals surface area (Å²) in [5, 5.41) is 0.911. The number of nitrogens with zero attached hydrogens (tertiary/aromatic N) is 1. The van der Waals surface area contributed by atoms with Crippen LogP contribution in [-0.4, -0.2) is 17.9 Å². The van der Waals surface area contributed by atoms with Crippen molar-refractivity contribution in [2.75, 3.05) is 7.11 Å². The summed E-state index contributed by atoms with van der Waals surface area (Å²) in [4.78, 5) is 15.9. The molecule has 0 atom stereocenters. The van der Waals surface area contributed by atoms with Gasteiger partial charge in [0.2, 0.25) is 5.88 Å². The van der Waals surface area contributed by atoms with Crippen LogP contribution in [0.5, 0.6) is 5.88 Å². The molecule has 0 aliphatic heterocycles. The van der Waals surface area contributed by atoms with E-state index in [1.54, 1.807) is 6.07 Å². The second-order valence-corrected chi connectivity index (χ2v) is 3.31. The van der Waals surface area contributed by atoms with Gasteiger partial charge in [0.05, 0.1) is 18.2 Å². The number of aromatic nitrogens is 1. The molecule has 0 aliphatic rings. The van der Waals surface area contributed by atoms with Gasteiger partial charge in [0.25, 0.3) is 0 Å². The molecule has 0 radical (unpaired) electrons. The third-order valence-corrected chi connectivity index (χ3v) is 2.33. The Morgan fingerprint density at radius 1 is 1.44 bits per heavy atom. The summed E-state index contributed by atoms with van der Waals surface area (Å²) >= 11 is 0. The number of pyridine rings is 1. The molecule has 1 heterocycles. The molecule has 0 bridgehead atoms. The van der Waals surface area contributed by atoms with Gasteiger partial charge in [-0.1, -0.05) is 24.8 Å². The number of hydrogen-bond acceptors (Lipinski definition) is 3. The Morgan fingerprint density at radius 2 is 2.19 bits per heavy atom. The maximum Gasteiger partial charge on any atom is 0.225 e. The number of ether oxygens (including phenoxy) is 1. The molecule has 0 fully saturated rings. The molecule has 1 aromatic carbocycles. The van der Waals surface area contributed by atoms with Crippen LogP contribution in [0, 0.1) is 0 Å². The third kappa shape index (κ3) is 1.67. The molecule has 0 N–H and O–H groups in total. The van der Waals surface area contributed by atoms with Crippen molar-refractivity contribution >= 4 is 16.7 Å². The standard InChI is InChI=1S/C13H11NO2/c1-3-12(15)10-8-9-6-4-5-7-11(9)14-13(10)16-2/h3-8H,1H2,2H3. The molecule has 2 aromatic rings. The zero-order valence-electron chi connectivity index (χ0n) is 8.93. The van der Waals surface area contributed by atoms with Gasteiger partial charge < -0.3 is 4.74 Å². The Morgan fingerprint density at radius 3 is 2.88 bits per heavy atom. The van der Waals surface area contributed by atoms with Crippen molar-refractivity contribution in [3.63, 3.8) is 0 Å². The average Bonchev–Trinajstić information content (AvgIpc) is 2.36. The van der Waals surface area contributed by atoms with Gasteiger partial charge in [0, 0.05) is 5.39 Å². The van der Waals surface area contributed by atoms with E-state index in [0.717, 1.165) is 10.9 Å². The van der Waals surface area contributed by atoms with Crippen LogP contribution in [0.3, 0.4) is 0 Å². The molecule has 0 unspecified atom stereocenters. The lowest BCUT2D eigenvalue weighted by Gasteiger charge is -2.06. The highest BCUT2D eigenvalue weighted by molar-refractivity contribution is 6.07. The number of carbonyl (C=O) groups is 1. The van der Waals surface area contributed by atoms with Crippen LogP contribution in [0.1, 0.15) is 10.4 Å². The van der Waals surface area contributed by atoms with E-state index in [1.807, 2.05) is 24.3 Å². The van der Waals surface area contributed by atoms with E-state index in [4.69, 9.17) is 4.74 Å². The minimum absolute atomic E-state index is 0.185. The fraction of sp³-hybridized carbons (Fsp3) is 0.0769. The Labute approximate surface area is 93.4 Å². The maximum atomic E-state index is 11.6. The predicted molar refractivity (Wildman–Crippen MR) is 62.8 cm³/mol. The highest BCUT2D eigenvalue weighted by atomic mass is 16.5. The van der Waals surface area contributed by atoms with Crippen molar-refractivity contribution in [2.45, 2.75) is 0 Å². The zero-order chi connectivity index (χ0) is 11.5. The monoisotopic (exact) mass is 213 g/mol. The molecule has 1 aromatic heterocycles. The summed E-state index contributed by atoms with van der Waals surface area (Å²) in [6.07, 6.45) is 1.26. The molecule has 0 aliphatic carbocycles. The van der Waals surface area contributed by atoms with E-state index >= 15 is 0 Å². The number of hydrogen-bond donors (Lipinski definition) is 0. The molecule has 0 saturated carbocycles. The summed E-state index contributed by atoms with van der Waals surface area (Å²) in [5.74, 6) is 0.152. The fourth-order valence-corrected chi connectivity index (χ4v) is 1.54.